The van der Waals surface area contributed by atoms with Gasteiger partial charge in [-0.3, -0.25) is 57.5 Å². The normalized spacial score (nSPS) is 31.4. The Morgan fingerprint density at radius 2 is 1.28 bits per heavy atom. The quantitative estimate of drug-likeness (QED) is 0.145. The smallest absolute Gasteiger partial charge is 0.377 e. The lowest BCUT2D eigenvalue weighted by atomic mass is 9.74. The Morgan fingerprint density at radius 1 is 0.664 bits per heavy atom. The highest BCUT2D eigenvalue weighted by Gasteiger charge is 2.56. The average molecular weight is 1530 g/mol. The fraction of sp³-hybridized carbons (Fsp3) is 0.813. The molecule has 12 amide bonds. The van der Waals surface area contributed by atoms with Crippen molar-refractivity contribution in [2.45, 2.75) is 267 Å². The number of amides is 12. The number of halogens is 7. The molecule has 7 aliphatic rings. The van der Waals surface area contributed by atoms with Gasteiger partial charge in [0.1, 0.15) is 72.1 Å². The van der Waals surface area contributed by atoms with Gasteiger partial charge in [-0.1, -0.05) is 66.0 Å². The van der Waals surface area contributed by atoms with E-state index in [9.17, 15) is 41.1 Å². The maximum absolute atomic E-state index is 15.5. The van der Waals surface area contributed by atoms with Gasteiger partial charge in [0, 0.05) is 95.3 Å². The van der Waals surface area contributed by atoms with Crippen molar-refractivity contribution in [3.8, 4) is 0 Å². The summed E-state index contributed by atoms with van der Waals surface area (Å²) in [5, 5.41) is 8.46. The molecule has 2 unspecified atom stereocenters. The summed E-state index contributed by atoms with van der Waals surface area (Å²) in [7, 11) is 11.0. The van der Waals surface area contributed by atoms with Gasteiger partial charge in [0.05, 0.1) is 25.6 Å². The summed E-state index contributed by atoms with van der Waals surface area (Å²) >= 11 is 0. The first-order valence-electron chi connectivity index (χ1n) is 38.2. The van der Waals surface area contributed by atoms with E-state index >= 15 is 47.1 Å². The Morgan fingerprint density at radius 3 is 1.84 bits per heavy atom. The van der Waals surface area contributed by atoms with Crippen molar-refractivity contribution in [3.05, 3.63) is 12.2 Å². The van der Waals surface area contributed by atoms with Gasteiger partial charge in [0.15, 0.2) is 0 Å². The highest BCUT2D eigenvalue weighted by atomic mass is 19.4. The first-order valence-corrected chi connectivity index (χ1v) is 38.2. The largest absolute Gasteiger partial charge is 0.397 e. The standard InChI is InChI=1S/C75H117F7N12O13/c1-15-44(3)61-69(104)88(10)43-59(97)89(11)52-25-18-17-21-34-93(68(52)103)55(37-45-28-32-74(78,79)33-29-45)67(102)87(9)42-57(95)83-51(27-26-46-35-49(76)60(50(77)36-46)75(80,81)82)65(100)94-41-48(107-16-2)38-53(94)64(99)85-73(30-22-31-73)71(106)92(14)62(47-23-19-20-24-47)70(105)91(13)54(66(101)86(7)8)39-58(96)90(12)56(63(98)84-61)40-72(4,5)6/h17-18,44-56,60-62H,15-16,19-43H2,1-14H3,(H,83,95)(H,84,98)(H,85,99)/b18-17-/t44-,46?,48+,49?,50?,51-,52-,53-,54-,55-,56-,60?,61-,62-/m0/s1. The molecular formula is C75H117F7N12O13. The molecule has 7 rings (SSSR count). The second kappa shape index (κ2) is 36.6. The van der Waals surface area contributed by atoms with Gasteiger partial charge >= 0.3 is 6.18 Å². The average Bonchev–Trinajstić information content (AvgIpc) is 1.74. The van der Waals surface area contributed by atoms with Gasteiger partial charge in [0.2, 0.25) is 76.8 Å². The SMILES string of the molecule is CCO[C@@H]1C[C@H]2C(=O)NC3(CCC3)C(=O)N(C)[C@@H](C3CCCC3)C(=O)N(C)[C@H](C(=O)N(C)C)CC(=O)N(C)[C@@H](CC(C)(C)C)C(=O)N[C@@H]([C@@H](C)CC)C(=O)N(C)CC(=O)N(C)[C@H]3C/C=C\CCN(C3=O)[C@@H](CC3CCC(F)(F)CC3)C(=O)N(C)CC(=O)N[C@@H](CCC3CC(F)C(C(F)(F)F)C(F)C3)C(=O)N2C1. The van der Waals surface area contributed by atoms with Crippen LogP contribution in [-0.2, 0) is 62.3 Å². The summed E-state index contributed by atoms with van der Waals surface area (Å²) < 4.78 is 108. The molecule has 107 heavy (non-hydrogen) atoms. The summed E-state index contributed by atoms with van der Waals surface area (Å²) in [5.41, 5.74) is -2.34. The lowest BCUT2D eigenvalue weighted by Crippen LogP contribution is -2.68. The van der Waals surface area contributed by atoms with Crippen LogP contribution in [0.15, 0.2) is 12.2 Å². The minimum atomic E-state index is -5.21. The van der Waals surface area contributed by atoms with Crippen LogP contribution in [0, 0.1) is 35.0 Å². The first kappa shape index (κ1) is 87.1. The molecule has 1 spiro atoms. The maximum Gasteiger partial charge on any atom is 0.397 e. The van der Waals surface area contributed by atoms with E-state index in [0.29, 0.717) is 38.5 Å². The van der Waals surface area contributed by atoms with Gasteiger partial charge in [-0.2, -0.15) is 13.2 Å². The molecule has 6 fully saturated rings. The fourth-order valence-corrected chi connectivity index (χ4v) is 16.7. The number of hydrogen-bond donors (Lipinski definition) is 3. The fourth-order valence-electron chi connectivity index (χ4n) is 16.7. The second-order valence-electron chi connectivity index (χ2n) is 32.8. The lowest BCUT2D eigenvalue weighted by molar-refractivity contribution is -0.219. The summed E-state index contributed by atoms with van der Waals surface area (Å²) in [6.07, 6.45) is -8.97. The maximum atomic E-state index is 15.5. The van der Waals surface area contributed by atoms with E-state index in [1.807, 2.05) is 20.8 Å². The molecule has 0 aromatic carbocycles. The van der Waals surface area contributed by atoms with Crippen LogP contribution in [0.1, 0.15) is 183 Å². The second-order valence-corrected chi connectivity index (χ2v) is 32.8. The van der Waals surface area contributed by atoms with Crippen LogP contribution in [0.4, 0.5) is 30.7 Å². The van der Waals surface area contributed by atoms with Crippen molar-refractivity contribution in [3.63, 3.8) is 0 Å². The van der Waals surface area contributed by atoms with Crippen LogP contribution in [0.25, 0.3) is 0 Å². The van der Waals surface area contributed by atoms with Gasteiger partial charge < -0.3 is 64.8 Å². The lowest BCUT2D eigenvalue weighted by Gasteiger charge is -2.46. The number of fused-ring (bicyclic) bond motifs is 3. The molecule has 3 aliphatic heterocycles. The number of ether oxygens (including phenoxy) is 1. The Hall–Kier alpha value is -7.15. The number of hydrogen-bond acceptors (Lipinski definition) is 13. The Kier molecular flexibility index (Phi) is 29.8. The molecule has 0 aromatic rings. The molecule has 4 aliphatic carbocycles. The number of carbonyl (C=O) groups excluding carboxylic acids is 12. The Bertz CT molecular complexity index is 3220. The van der Waals surface area contributed by atoms with Crippen LogP contribution >= 0.6 is 0 Å². The third-order valence-corrected chi connectivity index (χ3v) is 23.5. The predicted octanol–water partition coefficient (Wildman–Crippen LogP) is 6.20. The molecule has 32 heteroatoms. The topological polar surface area (TPSA) is 279 Å². The van der Waals surface area contributed by atoms with Crippen molar-refractivity contribution < 1.29 is 93.0 Å². The molecule has 0 radical (unpaired) electrons. The van der Waals surface area contributed by atoms with Crippen molar-refractivity contribution in [2.24, 2.45) is 35.0 Å². The minimum absolute atomic E-state index is 0.0295. The van der Waals surface area contributed by atoms with E-state index in [0.717, 1.165) is 24.5 Å². The number of rotatable bonds is 12. The number of carbonyl (C=O) groups is 12. The van der Waals surface area contributed by atoms with E-state index in [-0.39, 0.29) is 83.9 Å². The van der Waals surface area contributed by atoms with Crippen molar-refractivity contribution >= 4 is 70.9 Å². The molecule has 3 N–H and O–H groups in total. The van der Waals surface area contributed by atoms with Gasteiger partial charge in [0.25, 0.3) is 0 Å². The van der Waals surface area contributed by atoms with Crippen LogP contribution in [-0.4, -0.2) is 289 Å². The molecular weight excluding hydrogens is 1410 g/mol. The van der Waals surface area contributed by atoms with Crippen LogP contribution < -0.4 is 16.0 Å². The van der Waals surface area contributed by atoms with E-state index in [4.69, 9.17) is 4.74 Å². The summed E-state index contributed by atoms with van der Waals surface area (Å²) in [4.78, 5) is 192. The van der Waals surface area contributed by atoms with Crippen molar-refractivity contribution in [1.82, 2.24) is 60.0 Å². The van der Waals surface area contributed by atoms with Gasteiger partial charge in [-0.25, -0.2) is 17.6 Å². The number of nitrogens with zero attached hydrogens (tertiary/aromatic N) is 9. The van der Waals surface area contributed by atoms with Gasteiger partial charge in [-0.15, -0.1) is 0 Å². The summed E-state index contributed by atoms with van der Waals surface area (Å²) in [6.45, 7) is 8.90. The first-order chi connectivity index (χ1) is 50.0. The molecule has 12 atom stereocenters. The zero-order valence-corrected chi connectivity index (χ0v) is 65.0. The molecule has 2 bridgehead atoms. The van der Waals surface area contributed by atoms with Gasteiger partial charge in [-0.05, 0) is 132 Å². The third kappa shape index (κ3) is 21.5. The molecule has 25 nitrogen and oxygen atoms in total. The van der Waals surface area contributed by atoms with Crippen molar-refractivity contribution in [1.29, 1.82) is 0 Å². The van der Waals surface area contributed by atoms with Crippen LogP contribution in [0.2, 0.25) is 0 Å². The van der Waals surface area contributed by atoms with E-state index < -0.39 is 242 Å². The Balaban J connectivity index is 1.33. The molecule has 4 saturated carbocycles. The van der Waals surface area contributed by atoms with Crippen LogP contribution in [0.3, 0.4) is 0 Å². The molecule has 2 saturated heterocycles. The highest BCUT2D eigenvalue weighted by Crippen LogP contribution is 2.45. The van der Waals surface area contributed by atoms with E-state index in [1.54, 1.807) is 32.9 Å². The minimum Gasteiger partial charge on any atom is -0.377 e. The molecule has 604 valence electrons. The molecule has 3 heterocycles. The highest BCUT2D eigenvalue weighted by molar-refractivity contribution is 6.01. The predicted molar refractivity (Wildman–Crippen MR) is 381 cm³/mol. The number of nitrogens with one attached hydrogen (secondary N) is 3. The number of likely N-dealkylation sites (N-methyl/N-ethyl adjacent to an activating group) is 7. The van der Waals surface area contributed by atoms with E-state index in [2.05, 4.69) is 16.0 Å². The molecule has 0 aromatic heterocycles. The van der Waals surface area contributed by atoms with E-state index in [1.165, 1.54) is 76.0 Å². The third-order valence-electron chi connectivity index (χ3n) is 23.5. The summed E-state index contributed by atoms with van der Waals surface area (Å²) in [5.74, 6) is -17.9. The van der Waals surface area contributed by atoms with Crippen LogP contribution in [0.5, 0.6) is 0 Å². The van der Waals surface area contributed by atoms with Crippen molar-refractivity contribution in [2.75, 3.05) is 89.2 Å². The Labute approximate surface area is 625 Å². The zero-order valence-electron chi connectivity index (χ0n) is 65.0. The summed E-state index contributed by atoms with van der Waals surface area (Å²) in [6, 6.07) is -11.3. The number of alkyl halides is 7. The monoisotopic (exact) mass is 1530 g/mol. The zero-order chi connectivity index (χ0) is 79.7.